The van der Waals surface area contributed by atoms with Crippen molar-refractivity contribution in [1.29, 1.82) is 0 Å². The molecule has 10 heteroatoms. The molecule has 3 aliphatic heterocycles. The summed E-state index contributed by atoms with van der Waals surface area (Å²) in [4.78, 5) is 52.8. The number of fused-ring (bicyclic) bond motifs is 1. The van der Waals surface area contributed by atoms with Gasteiger partial charge in [-0.3, -0.25) is 29.7 Å². The van der Waals surface area contributed by atoms with E-state index in [-0.39, 0.29) is 30.2 Å². The van der Waals surface area contributed by atoms with Crippen molar-refractivity contribution >= 4 is 29.6 Å². The molecule has 0 radical (unpaired) electrons. The summed E-state index contributed by atoms with van der Waals surface area (Å²) in [5, 5.41) is 9.49. The molecule has 2 saturated heterocycles. The summed E-state index contributed by atoms with van der Waals surface area (Å²) in [5.74, 6) is 6.48. The Bertz CT molecular complexity index is 1310. The Morgan fingerprint density at radius 2 is 1.94 bits per heavy atom. The molecule has 10 nitrogen and oxygen atoms in total. The SMILES string of the molecule is Cc1cc(NC(=O)N2CCC(C#Cc3cccc4c3CN(C3CCC(=O)NC3=O)C4=O)CC2)n(C)n1. The van der Waals surface area contributed by atoms with E-state index in [4.69, 9.17) is 0 Å². The van der Waals surface area contributed by atoms with Gasteiger partial charge in [0, 0.05) is 56.2 Å². The average Bonchev–Trinajstić information content (AvgIpc) is 3.36. The predicted molar refractivity (Wildman–Crippen MR) is 131 cm³/mol. The summed E-state index contributed by atoms with van der Waals surface area (Å²) in [7, 11) is 1.79. The number of aryl methyl sites for hydroxylation is 2. The molecule has 0 spiro atoms. The number of hydrogen-bond donors (Lipinski definition) is 2. The van der Waals surface area contributed by atoms with Crippen molar-refractivity contribution in [3.63, 3.8) is 0 Å². The van der Waals surface area contributed by atoms with Gasteiger partial charge in [-0.1, -0.05) is 17.9 Å². The maximum atomic E-state index is 13.0. The number of benzene rings is 1. The number of likely N-dealkylation sites (tertiary alicyclic amines) is 1. The van der Waals surface area contributed by atoms with Crippen LogP contribution in [0.5, 0.6) is 0 Å². The topological polar surface area (TPSA) is 117 Å². The van der Waals surface area contributed by atoms with Gasteiger partial charge >= 0.3 is 6.03 Å². The summed E-state index contributed by atoms with van der Waals surface area (Å²) in [6.07, 6.45) is 2.09. The van der Waals surface area contributed by atoms with Crippen LogP contribution in [-0.4, -0.2) is 62.5 Å². The number of aromatic nitrogens is 2. The van der Waals surface area contributed by atoms with E-state index in [1.807, 2.05) is 25.1 Å². The van der Waals surface area contributed by atoms with Crippen LogP contribution in [0.25, 0.3) is 0 Å². The highest BCUT2D eigenvalue weighted by atomic mass is 16.2. The van der Waals surface area contributed by atoms with E-state index < -0.39 is 11.9 Å². The Kier molecular flexibility index (Phi) is 6.22. The fraction of sp³-hybridized carbons (Fsp3) is 0.423. The number of amides is 5. The average molecular weight is 489 g/mol. The van der Waals surface area contributed by atoms with E-state index in [1.54, 1.807) is 27.6 Å². The lowest BCUT2D eigenvalue weighted by molar-refractivity contribution is -0.136. The predicted octanol–water partition coefficient (Wildman–Crippen LogP) is 1.79. The van der Waals surface area contributed by atoms with Crippen LogP contribution < -0.4 is 10.6 Å². The van der Waals surface area contributed by atoms with Crippen LogP contribution in [0.2, 0.25) is 0 Å². The van der Waals surface area contributed by atoms with Crippen LogP contribution in [0.15, 0.2) is 24.3 Å². The number of carbonyl (C=O) groups excluding carboxylic acids is 4. The number of hydrogen-bond acceptors (Lipinski definition) is 5. The van der Waals surface area contributed by atoms with Crippen LogP contribution >= 0.6 is 0 Å². The third kappa shape index (κ3) is 4.56. The normalized spacial score (nSPS) is 20.1. The second-order valence-electron chi connectivity index (χ2n) is 9.49. The first-order valence-electron chi connectivity index (χ1n) is 12.1. The Balaban J connectivity index is 1.22. The lowest BCUT2D eigenvalue weighted by atomic mass is 9.96. The molecule has 2 N–H and O–H groups in total. The molecule has 3 aliphatic rings. The van der Waals surface area contributed by atoms with Crippen LogP contribution in [-0.2, 0) is 23.2 Å². The first-order chi connectivity index (χ1) is 17.3. The molecule has 1 aromatic carbocycles. The minimum absolute atomic E-state index is 0.141. The zero-order valence-corrected chi connectivity index (χ0v) is 20.3. The Morgan fingerprint density at radius 1 is 1.17 bits per heavy atom. The molecule has 5 rings (SSSR count). The summed E-state index contributed by atoms with van der Waals surface area (Å²) in [6, 6.07) is 6.51. The number of piperidine rings is 2. The smallest absolute Gasteiger partial charge is 0.323 e. The molecule has 0 bridgehead atoms. The van der Waals surface area contributed by atoms with Gasteiger partial charge in [0.25, 0.3) is 5.91 Å². The van der Waals surface area contributed by atoms with Crippen molar-refractivity contribution in [2.45, 2.75) is 45.2 Å². The van der Waals surface area contributed by atoms with E-state index in [9.17, 15) is 19.2 Å². The number of urea groups is 1. The number of carbonyl (C=O) groups is 4. The molecule has 4 heterocycles. The van der Waals surface area contributed by atoms with E-state index in [0.29, 0.717) is 37.4 Å². The molecule has 0 aliphatic carbocycles. The second-order valence-corrected chi connectivity index (χ2v) is 9.49. The van der Waals surface area contributed by atoms with Gasteiger partial charge < -0.3 is 9.80 Å². The maximum absolute atomic E-state index is 13.0. The van der Waals surface area contributed by atoms with Gasteiger partial charge in [-0.25, -0.2) is 4.79 Å². The molecule has 2 aromatic rings. The zero-order chi connectivity index (χ0) is 25.4. The highest BCUT2D eigenvalue weighted by Gasteiger charge is 2.39. The molecule has 0 saturated carbocycles. The highest BCUT2D eigenvalue weighted by Crippen LogP contribution is 2.29. The van der Waals surface area contributed by atoms with Crippen LogP contribution in [0.1, 0.15) is 52.9 Å². The fourth-order valence-electron chi connectivity index (χ4n) is 5.03. The van der Waals surface area contributed by atoms with Crippen LogP contribution in [0, 0.1) is 24.7 Å². The first-order valence-corrected chi connectivity index (χ1v) is 12.1. The van der Waals surface area contributed by atoms with Gasteiger partial charge in [-0.15, -0.1) is 0 Å². The largest absolute Gasteiger partial charge is 0.324 e. The van der Waals surface area contributed by atoms with Crippen molar-refractivity contribution in [3.8, 4) is 11.8 Å². The van der Waals surface area contributed by atoms with Crippen molar-refractivity contribution in [3.05, 3.63) is 46.6 Å². The number of nitrogens with zero attached hydrogens (tertiary/aromatic N) is 4. The van der Waals surface area contributed by atoms with Gasteiger partial charge in [0.2, 0.25) is 11.8 Å². The Morgan fingerprint density at radius 3 is 2.64 bits per heavy atom. The van der Waals surface area contributed by atoms with Gasteiger partial charge in [0.05, 0.1) is 5.69 Å². The molecule has 1 unspecified atom stereocenters. The maximum Gasteiger partial charge on any atom is 0.323 e. The van der Waals surface area contributed by atoms with Crippen LogP contribution in [0.4, 0.5) is 10.6 Å². The lowest BCUT2D eigenvalue weighted by Gasteiger charge is -2.29. The molecule has 186 valence electrons. The molecule has 36 heavy (non-hydrogen) atoms. The van der Waals surface area contributed by atoms with Gasteiger partial charge in [-0.05, 0) is 43.9 Å². The highest BCUT2D eigenvalue weighted by molar-refractivity contribution is 6.05. The number of rotatable bonds is 2. The zero-order valence-electron chi connectivity index (χ0n) is 20.3. The third-order valence-corrected chi connectivity index (χ3v) is 7.01. The summed E-state index contributed by atoms with van der Waals surface area (Å²) < 4.78 is 1.65. The molecule has 1 atom stereocenters. The van der Waals surface area contributed by atoms with E-state index in [0.717, 1.165) is 29.7 Å². The third-order valence-electron chi connectivity index (χ3n) is 7.01. The van der Waals surface area contributed by atoms with Gasteiger partial charge in [0.1, 0.15) is 11.9 Å². The lowest BCUT2D eigenvalue weighted by Crippen LogP contribution is -2.52. The number of anilines is 1. The van der Waals surface area contributed by atoms with Crippen molar-refractivity contribution < 1.29 is 19.2 Å². The summed E-state index contributed by atoms with van der Waals surface area (Å²) in [5.41, 5.74) is 3.00. The van der Waals surface area contributed by atoms with Crippen molar-refractivity contribution in [2.24, 2.45) is 13.0 Å². The summed E-state index contributed by atoms with van der Waals surface area (Å²) >= 11 is 0. The van der Waals surface area contributed by atoms with Gasteiger partial charge in [-0.2, -0.15) is 5.10 Å². The van der Waals surface area contributed by atoms with Crippen LogP contribution in [0.3, 0.4) is 0 Å². The van der Waals surface area contributed by atoms with E-state index in [1.165, 1.54) is 0 Å². The standard InChI is InChI=1S/C26H28N6O4/c1-16-14-22(30(2)29-16)27-26(36)31-12-10-17(11-13-31)6-7-18-4-3-5-19-20(18)15-32(25(19)35)21-8-9-23(33)28-24(21)34/h3-5,14,17,21H,8-13,15H2,1-2H3,(H,27,36)(H,28,33,34). The Hall–Kier alpha value is -4.13. The molecular weight excluding hydrogens is 460 g/mol. The second kappa shape index (κ2) is 9.49. The Labute approximate surface area is 209 Å². The quantitative estimate of drug-likeness (QED) is 0.494. The molecule has 1 aromatic heterocycles. The molecular formula is C26H28N6O4. The fourth-order valence-corrected chi connectivity index (χ4v) is 5.03. The van der Waals surface area contributed by atoms with E-state index >= 15 is 0 Å². The number of nitrogens with one attached hydrogen (secondary N) is 2. The first kappa shape index (κ1) is 23.6. The van der Waals surface area contributed by atoms with Gasteiger partial charge in [0.15, 0.2) is 0 Å². The molecule has 5 amide bonds. The molecule has 2 fully saturated rings. The summed E-state index contributed by atoms with van der Waals surface area (Å²) in [6.45, 7) is 3.40. The number of imide groups is 1. The monoisotopic (exact) mass is 488 g/mol. The van der Waals surface area contributed by atoms with E-state index in [2.05, 4.69) is 27.6 Å². The minimum atomic E-state index is -0.644. The minimum Gasteiger partial charge on any atom is -0.324 e. The van der Waals surface area contributed by atoms with Crippen molar-refractivity contribution in [1.82, 2.24) is 24.9 Å². The van der Waals surface area contributed by atoms with Crippen molar-refractivity contribution in [2.75, 3.05) is 18.4 Å².